The van der Waals surface area contributed by atoms with Crippen molar-refractivity contribution < 1.29 is 0 Å². The van der Waals surface area contributed by atoms with E-state index in [9.17, 15) is 0 Å². The summed E-state index contributed by atoms with van der Waals surface area (Å²) in [5.41, 5.74) is 12.3. The monoisotopic (exact) mass is 710 g/mol. The average Bonchev–Trinajstić information content (AvgIpc) is 3.61. The lowest BCUT2D eigenvalue weighted by molar-refractivity contribution is 0.590. The van der Waals surface area contributed by atoms with E-state index < -0.39 is 0 Å². The van der Waals surface area contributed by atoms with Crippen LogP contribution in [0.15, 0.2) is 109 Å². The summed E-state index contributed by atoms with van der Waals surface area (Å²) >= 11 is 0. The molecule has 0 spiro atoms. The standard InChI is InChI=1S/C50H54N4/c1-47(2,3)33-13-17-41-37(27-33)38-28-34(48(4,5)6)14-18-42(38)53(41)45-25-31(21-23-51-45)32-22-24-52-46(26-32)54-43-19-15-35(49(7,8)9)29-39(43)40-30-36(50(10,11)12)16-20-44(40)54/h13-30H,1-12H3. The van der Waals surface area contributed by atoms with Crippen molar-refractivity contribution in [2.75, 3.05) is 0 Å². The molecule has 274 valence electrons. The first kappa shape index (κ1) is 35.8. The van der Waals surface area contributed by atoms with E-state index in [2.05, 4.69) is 189 Å². The maximum absolute atomic E-state index is 5.00. The fourth-order valence-corrected chi connectivity index (χ4v) is 7.85. The molecule has 4 heterocycles. The molecule has 0 saturated heterocycles. The zero-order valence-electron chi connectivity index (χ0n) is 34.2. The summed E-state index contributed by atoms with van der Waals surface area (Å²) in [6, 6.07) is 36.5. The molecule has 0 radical (unpaired) electrons. The van der Waals surface area contributed by atoms with Gasteiger partial charge in [0.15, 0.2) is 0 Å². The van der Waals surface area contributed by atoms with Crippen molar-refractivity contribution in [2.24, 2.45) is 0 Å². The number of fused-ring (bicyclic) bond motifs is 6. The van der Waals surface area contributed by atoms with Crippen LogP contribution < -0.4 is 0 Å². The van der Waals surface area contributed by atoms with Crippen LogP contribution >= 0.6 is 0 Å². The Labute approximate surface area is 320 Å². The Hall–Kier alpha value is -5.22. The van der Waals surface area contributed by atoms with Crippen LogP contribution in [0.25, 0.3) is 66.4 Å². The number of hydrogen-bond acceptors (Lipinski definition) is 2. The number of hydrogen-bond donors (Lipinski definition) is 0. The Morgan fingerprint density at radius 2 is 0.593 bits per heavy atom. The minimum Gasteiger partial charge on any atom is -0.294 e. The summed E-state index contributed by atoms with van der Waals surface area (Å²) in [4.78, 5) is 10.0. The lowest BCUT2D eigenvalue weighted by atomic mass is 9.85. The molecule has 0 saturated carbocycles. The topological polar surface area (TPSA) is 35.6 Å². The van der Waals surface area contributed by atoms with Gasteiger partial charge in [0, 0.05) is 33.9 Å². The molecule has 4 nitrogen and oxygen atoms in total. The minimum absolute atomic E-state index is 0.0433. The number of rotatable bonds is 3. The third-order valence-corrected chi connectivity index (χ3v) is 11.3. The van der Waals surface area contributed by atoms with E-state index in [0.29, 0.717) is 0 Å². The van der Waals surface area contributed by atoms with Crippen LogP contribution in [-0.4, -0.2) is 19.1 Å². The third kappa shape index (κ3) is 6.10. The average molecular weight is 711 g/mol. The molecule has 0 bridgehead atoms. The van der Waals surface area contributed by atoms with Crippen LogP contribution in [0.3, 0.4) is 0 Å². The van der Waals surface area contributed by atoms with E-state index in [0.717, 1.165) is 22.8 Å². The van der Waals surface area contributed by atoms with Gasteiger partial charge < -0.3 is 0 Å². The van der Waals surface area contributed by atoms with Gasteiger partial charge in [0.2, 0.25) is 0 Å². The van der Waals surface area contributed by atoms with E-state index in [-0.39, 0.29) is 21.7 Å². The molecular formula is C50H54N4. The van der Waals surface area contributed by atoms with E-state index in [1.807, 2.05) is 12.4 Å². The first-order valence-corrected chi connectivity index (χ1v) is 19.4. The fraction of sp³-hybridized carbons (Fsp3) is 0.320. The largest absolute Gasteiger partial charge is 0.294 e. The smallest absolute Gasteiger partial charge is 0.138 e. The molecule has 0 aliphatic rings. The Morgan fingerprint density at radius 1 is 0.333 bits per heavy atom. The molecular weight excluding hydrogens is 657 g/mol. The SMILES string of the molecule is CC(C)(C)c1ccc2c(c1)c1cc(C(C)(C)C)ccc1n2-c1cc(-c2ccnc(-n3c4ccc(C(C)(C)C)cc4c4cc(C(C)(C)C)ccc43)c2)ccn1. The Kier molecular flexibility index (Phi) is 8.05. The van der Waals surface area contributed by atoms with E-state index in [1.165, 1.54) is 65.9 Å². The zero-order valence-corrected chi connectivity index (χ0v) is 34.2. The number of nitrogens with zero attached hydrogens (tertiary/aromatic N) is 4. The molecule has 4 aromatic carbocycles. The number of aromatic nitrogens is 4. The molecule has 0 amide bonds. The van der Waals surface area contributed by atoms with Crippen molar-refractivity contribution in [3.8, 4) is 22.8 Å². The van der Waals surface area contributed by atoms with Crippen molar-refractivity contribution in [1.82, 2.24) is 19.1 Å². The second-order valence-electron chi connectivity index (χ2n) is 19.4. The highest BCUT2D eigenvalue weighted by Gasteiger charge is 2.23. The first-order chi connectivity index (χ1) is 25.3. The molecule has 0 N–H and O–H groups in total. The van der Waals surface area contributed by atoms with Crippen LogP contribution in [0.4, 0.5) is 0 Å². The summed E-state index contributed by atoms with van der Waals surface area (Å²) in [5.74, 6) is 1.80. The Bertz CT molecular complexity index is 2410. The predicted octanol–water partition coefficient (Wildman–Crippen LogP) is 13.5. The maximum Gasteiger partial charge on any atom is 0.138 e. The summed E-state index contributed by atoms with van der Waals surface area (Å²) in [7, 11) is 0. The molecule has 0 fully saturated rings. The van der Waals surface area contributed by atoms with Gasteiger partial charge in [-0.25, -0.2) is 9.97 Å². The van der Waals surface area contributed by atoms with Crippen LogP contribution in [0.2, 0.25) is 0 Å². The van der Waals surface area contributed by atoms with Crippen LogP contribution in [0, 0.1) is 0 Å². The van der Waals surface area contributed by atoms with Gasteiger partial charge in [-0.3, -0.25) is 9.13 Å². The van der Waals surface area contributed by atoms with Gasteiger partial charge in [0.25, 0.3) is 0 Å². The summed E-state index contributed by atoms with van der Waals surface area (Å²) in [6.45, 7) is 27.4. The molecule has 4 heteroatoms. The van der Waals surface area contributed by atoms with E-state index in [4.69, 9.17) is 9.97 Å². The highest BCUT2D eigenvalue weighted by molar-refractivity contribution is 6.11. The predicted molar refractivity (Wildman–Crippen MR) is 231 cm³/mol. The fourth-order valence-electron chi connectivity index (χ4n) is 7.85. The van der Waals surface area contributed by atoms with Crippen molar-refractivity contribution in [2.45, 2.75) is 105 Å². The lowest BCUT2D eigenvalue weighted by Crippen LogP contribution is -2.10. The van der Waals surface area contributed by atoms with Gasteiger partial charge in [0.1, 0.15) is 11.6 Å². The van der Waals surface area contributed by atoms with Crippen molar-refractivity contribution in [3.05, 3.63) is 132 Å². The Morgan fingerprint density at radius 3 is 0.833 bits per heavy atom. The highest BCUT2D eigenvalue weighted by atomic mass is 15.1. The molecule has 8 rings (SSSR count). The maximum atomic E-state index is 5.00. The van der Waals surface area contributed by atoms with Crippen LogP contribution in [0.1, 0.15) is 105 Å². The number of pyridine rings is 2. The van der Waals surface area contributed by atoms with E-state index in [1.54, 1.807) is 0 Å². The highest BCUT2D eigenvalue weighted by Crippen LogP contribution is 2.40. The number of benzene rings is 4. The second-order valence-corrected chi connectivity index (χ2v) is 19.4. The summed E-state index contributed by atoms with van der Waals surface area (Å²) < 4.78 is 4.67. The molecule has 0 aliphatic carbocycles. The molecule has 54 heavy (non-hydrogen) atoms. The van der Waals surface area contributed by atoms with Crippen LogP contribution in [0.5, 0.6) is 0 Å². The van der Waals surface area contributed by atoms with Gasteiger partial charge in [-0.05, 0) is 128 Å². The van der Waals surface area contributed by atoms with E-state index >= 15 is 0 Å². The van der Waals surface area contributed by atoms with Gasteiger partial charge in [-0.2, -0.15) is 0 Å². The lowest BCUT2D eigenvalue weighted by Gasteiger charge is -2.19. The quantitative estimate of drug-likeness (QED) is 0.183. The normalized spacial score (nSPS) is 13.2. The van der Waals surface area contributed by atoms with Crippen molar-refractivity contribution in [3.63, 3.8) is 0 Å². The second kappa shape index (κ2) is 12.1. The molecule has 0 unspecified atom stereocenters. The minimum atomic E-state index is 0.0433. The summed E-state index contributed by atoms with van der Waals surface area (Å²) in [6.07, 6.45) is 3.88. The molecule has 0 aliphatic heterocycles. The summed E-state index contributed by atoms with van der Waals surface area (Å²) in [5, 5.41) is 5.05. The van der Waals surface area contributed by atoms with Crippen LogP contribution in [-0.2, 0) is 21.7 Å². The molecule has 4 aromatic heterocycles. The third-order valence-electron chi connectivity index (χ3n) is 11.3. The zero-order chi connectivity index (χ0) is 38.5. The van der Waals surface area contributed by atoms with Gasteiger partial charge in [0.05, 0.1) is 22.1 Å². The molecule has 8 aromatic rings. The Balaban J connectivity index is 1.30. The van der Waals surface area contributed by atoms with Gasteiger partial charge in [-0.1, -0.05) is 107 Å². The van der Waals surface area contributed by atoms with Crippen molar-refractivity contribution >= 4 is 43.6 Å². The first-order valence-electron chi connectivity index (χ1n) is 19.4. The molecule has 0 atom stereocenters. The van der Waals surface area contributed by atoms with Gasteiger partial charge in [-0.15, -0.1) is 0 Å². The van der Waals surface area contributed by atoms with Crippen molar-refractivity contribution in [1.29, 1.82) is 0 Å². The van der Waals surface area contributed by atoms with Gasteiger partial charge >= 0.3 is 0 Å².